The second-order valence-electron chi connectivity index (χ2n) is 8.26. The van der Waals surface area contributed by atoms with Crippen molar-refractivity contribution < 1.29 is 23.9 Å². The van der Waals surface area contributed by atoms with E-state index < -0.39 is 17.5 Å². The zero-order valence-electron chi connectivity index (χ0n) is 17.5. The molecule has 0 aliphatic carbocycles. The summed E-state index contributed by atoms with van der Waals surface area (Å²) < 4.78 is 13.8. The fraction of sp³-hybridized carbons (Fsp3) is 0.409. The molecule has 158 valence electrons. The number of carbonyl (C=O) groups is 3. The highest BCUT2D eigenvalue weighted by Crippen LogP contribution is 2.31. The van der Waals surface area contributed by atoms with Gasteiger partial charge in [0.2, 0.25) is 0 Å². The van der Waals surface area contributed by atoms with Crippen molar-refractivity contribution in [2.75, 3.05) is 13.2 Å². The normalized spacial score (nSPS) is 19.7. The number of ketones is 1. The molecular formula is C22H25N3O5. The van der Waals surface area contributed by atoms with Crippen LogP contribution in [0.3, 0.4) is 0 Å². The molecule has 0 spiro atoms. The number of Topliss-reactive ketones (excluding diaryl/α,β-unsaturated/α-hetero) is 1. The van der Waals surface area contributed by atoms with Gasteiger partial charge in [-0.15, -0.1) is 0 Å². The van der Waals surface area contributed by atoms with Gasteiger partial charge in [-0.25, -0.2) is 4.79 Å². The monoisotopic (exact) mass is 411 g/mol. The number of aryl methyl sites for hydroxylation is 1. The van der Waals surface area contributed by atoms with E-state index in [0.717, 1.165) is 22.0 Å². The van der Waals surface area contributed by atoms with Crippen molar-refractivity contribution >= 4 is 17.7 Å². The molecule has 8 nitrogen and oxygen atoms in total. The maximum Gasteiger partial charge on any atom is 0.325 e. The Morgan fingerprint density at radius 3 is 2.57 bits per heavy atom. The Balaban J connectivity index is 1.49. The summed E-state index contributed by atoms with van der Waals surface area (Å²) in [6.45, 7) is 7.66. The van der Waals surface area contributed by atoms with Crippen LogP contribution in [0.15, 0.2) is 30.3 Å². The number of imide groups is 1. The third-order valence-electron chi connectivity index (χ3n) is 5.57. The molecule has 1 fully saturated rings. The van der Waals surface area contributed by atoms with E-state index in [1.165, 1.54) is 0 Å². The van der Waals surface area contributed by atoms with Crippen molar-refractivity contribution in [3.8, 4) is 11.5 Å². The quantitative estimate of drug-likeness (QED) is 0.603. The number of urea groups is 1. The number of fused-ring (bicyclic) bond motifs is 1. The topological polar surface area (TPSA) is 89.9 Å². The van der Waals surface area contributed by atoms with Gasteiger partial charge in [0.15, 0.2) is 23.4 Å². The van der Waals surface area contributed by atoms with Gasteiger partial charge >= 0.3 is 6.03 Å². The average molecular weight is 411 g/mol. The molecule has 8 heteroatoms. The minimum atomic E-state index is -0.997. The highest BCUT2D eigenvalue weighted by Gasteiger charge is 2.45. The molecule has 30 heavy (non-hydrogen) atoms. The summed E-state index contributed by atoms with van der Waals surface area (Å²) in [5.74, 6) is 0.749. The first-order chi connectivity index (χ1) is 14.2. The number of para-hydroxylation sites is 2. The van der Waals surface area contributed by atoms with Gasteiger partial charge in [-0.3, -0.25) is 14.5 Å². The molecule has 3 amide bonds. The third-order valence-corrected chi connectivity index (χ3v) is 5.57. The lowest BCUT2D eigenvalue weighted by molar-refractivity contribution is -0.129. The summed E-state index contributed by atoms with van der Waals surface area (Å²) in [6.07, 6.45) is -0.195. The highest BCUT2D eigenvalue weighted by molar-refractivity contribution is 6.11. The van der Waals surface area contributed by atoms with E-state index in [2.05, 4.69) is 5.32 Å². The van der Waals surface area contributed by atoms with Crippen LogP contribution in [0, 0.1) is 13.8 Å². The number of aromatic nitrogens is 1. The summed E-state index contributed by atoms with van der Waals surface area (Å²) >= 11 is 0. The number of ether oxygens (including phenoxy) is 2. The zero-order chi connectivity index (χ0) is 21.6. The lowest BCUT2D eigenvalue weighted by atomic mass is 10.1. The second-order valence-corrected chi connectivity index (χ2v) is 8.26. The Morgan fingerprint density at radius 2 is 1.90 bits per heavy atom. The summed E-state index contributed by atoms with van der Waals surface area (Å²) in [5.41, 5.74) is 1.17. The van der Waals surface area contributed by atoms with Gasteiger partial charge in [0, 0.05) is 17.0 Å². The molecule has 1 N–H and O–H groups in total. The number of carbonyl (C=O) groups excluding carboxylic acids is 3. The van der Waals surface area contributed by atoms with Crippen LogP contribution in [0.25, 0.3) is 0 Å². The fourth-order valence-corrected chi connectivity index (χ4v) is 3.91. The van der Waals surface area contributed by atoms with Crippen LogP contribution >= 0.6 is 0 Å². The summed E-state index contributed by atoms with van der Waals surface area (Å²) in [6, 6.07) is 8.77. The van der Waals surface area contributed by atoms with Crippen LogP contribution in [-0.2, 0) is 11.3 Å². The van der Waals surface area contributed by atoms with Crippen molar-refractivity contribution in [2.45, 2.75) is 45.9 Å². The number of hydrogen-bond acceptors (Lipinski definition) is 5. The number of nitrogens with one attached hydrogen (secondary N) is 1. The molecule has 1 aromatic heterocycles. The van der Waals surface area contributed by atoms with E-state index in [0.29, 0.717) is 24.5 Å². The predicted octanol–water partition coefficient (Wildman–Crippen LogP) is 2.46. The van der Waals surface area contributed by atoms with Crippen LogP contribution in [0.4, 0.5) is 4.79 Å². The van der Waals surface area contributed by atoms with Gasteiger partial charge in [-0.05, 0) is 45.9 Å². The van der Waals surface area contributed by atoms with Crippen LogP contribution in [0.5, 0.6) is 11.5 Å². The van der Waals surface area contributed by atoms with Crippen molar-refractivity contribution in [1.29, 1.82) is 0 Å². The highest BCUT2D eigenvalue weighted by atomic mass is 16.6. The molecule has 3 heterocycles. The first-order valence-electron chi connectivity index (χ1n) is 9.90. The van der Waals surface area contributed by atoms with E-state index in [1.807, 2.05) is 42.7 Å². The molecule has 1 aromatic carbocycles. The van der Waals surface area contributed by atoms with Crippen molar-refractivity contribution in [3.05, 3.63) is 47.3 Å². The minimum Gasteiger partial charge on any atom is -0.486 e. The number of rotatable bonds is 5. The minimum absolute atomic E-state index is 0.195. The molecular weight excluding hydrogens is 386 g/mol. The standard InChI is InChI=1S/C22H25N3O5/c1-13-9-16(17(26)11-25-20(27)22(3,4)23-21(25)28)14(2)24(13)10-15-12-29-18-7-5-6-8-19(18)30-15/h5-9,15H,10-12H2,1-4H3,(H,23,28). The van der Waals surface area contributed by atoms with Gasteiger partial charge in [0.25, 0.3) is 5.91 Å². The van der Waals surface area contributed by atoms with E-state index in [-0.39, 0.29) is 18.4 Å². The Kier molecular flexibility index (Phi) is 4.80. The first-order valence-corrected chi connectivity index (χ1v) is 9.90. The molecule has 0 radical (unpaired) electrons. The van der Waals surface area contributed by atoms with E-state index in [4.69, 9.17) is 9.47 Å². The second kappa shape index (κ2) is 7.19. The van der Waals surface area contributed by atoms with Crippen molar-refractivity contribution in [2.24, 2.45) is 0 Å². The SMILES string of the molecule is Cc1cc(C(=O)CN2C(=O)NC(C)(C)C2=O)c(C)n1CC1COc2ccccc2O1. The molecule has 2 aromatic rings. The van der Waals surface area contributed by atoms with Gasteiger partial charge in [-0.1, -0.05) is 12.1 Å². The van der Waals surface area contributed by atoms with Gasteiger partial charge in [0.1, 0.15) is 12.1 Å². The van der Waals surface area contributed by atoms with E-state index in [1.54, 1.807) is 19.9 Å². The molecule has 2 aliphatic heterocycles. The third kappa shape index (κ3) is 3.42. The van der Waals surface area contributed by atoms with Crippen molar-refractivity contribution in [1.82, 2.24) is 14.8 Å². The number of benzene rings is 1. The van der Waals surface area contributed by atoms with Crippen LogP contribution < -0.4 is 14.8 Å². The molecule has 0 saturated carbocycles. The molecule has 1 unspecified atom stereocenters. The largest absolute Gasteiger partial charge is 0.486 e. The predicted molar refractivity (Wildman–Crippen MR) is 109 cm³/mol. The van der Waals surface area contributed by atoms with E-state index in [9.17, 15) is 14.4 Å². The Morgan fingerprint density at radius 1 is 1.20 bits per heavy atom. The smallest absolute Gasteiger partial charge is 0.325 e. The van der Waals surface area contributed by atoms with Crippen LogP contribution in [-0.4, -0.2) is 52.0 Å². The van der Waals surface area contributed by atoms with Gasteiger partial charge in [-0.2, -0.15) is 0 Å². The molecule has 0 bridgehead atoms. The molecule has 2 aliphatic rings. The van der Waals surface area contributed by atoms with E-state index >= 15 is 0 Å². The summed E-state index contributed by atoms with van der Waals surface area (Å²) in [7, 11) is 0. The van der Waals surface area contributed by atoms with Crippen molar-refractivity contribution in [3.63, 3.8) is 0 Å². The number of nitrogens with zero attached hydrogens (tertiary/aromatic N) is 2. The summed E-state index contributed by atoms with van der Waals surface area (Å²) in [4.78, 5) is 38.4. The Hall–Kier alpha value is -3.29. The number of hydrogen-bond donors (Lipinski definition) is 1. The van der Waals surface area contributed by atoms with Gasteiger partial charge < -0.3 is 19.4 Å². The fourth-order valence-electron chi connectivity index (χ4n) is 3.91. The van der Waals surface area contributed by atoms with Crippen LogP contribution in [0.1, 0.15) is 35.6 Å². The molecule has 1 saturated heterocycles. The lowest BCUT2D eigenvalue weighted by Gasteiger charge is -2.27. The maximum absolute atomic E-state index is 12.9. The lowest BCUT2D eigenvalue weighted by Crippen LogP contribution is -2.41. The Labute approximate surface area is 174 Å². The zero-order valence-corrected chi connectivity index (χ0v) is 17.5. The maximum atomic E-state index is 12.9. The first kappa shape index (κ1) is 20.0. The average Bonchev–Trinajstić information content (AvgIpc) is 3.09. The van der Waals surface area contributed by atoms with Gasteiger partial charge in [0.05, 0.1) is 13.1 Å². The molecule has 4 rings (SSSR count). The summed E-state index contributed by atoms with van der Waals surface area (Å²) in [5, 5.41) is 2.59. The number of amides is 3. The van der Waals surface area contributed by atoms with Crippen LogP contribution in [0.2, 0.25) is 0 Å². The molecule has 1 atom stereocenters. The Bertz CT molecular complexity index is 1040.